The number of imidazole rings is 1. The number of fused-ring (bicyclic) bond motifs is 1. The van der Waals surface area contributed by atoms with E-state index in [9.17, 15) is 4.79 Å². The van der Waals surface area contributed by atoms with Gasteiger partial charge in [-0.05, 0) is 31.4 Å². The number of nitrogens with one attached hydrogen (secondary N) is 1. The van der Waals surface area contributed by atoms with Gasteiger partial charge in [-0.3, -0.25) is 4.79 Å². The van der Waals surface area contributed by atoms with Crippen LogP contribution in [0.25, 0.3) is 11.0 Å². The Morgan fingerprint density at radius 1 is 1.32 bits per heavy atom. The van der Waals surface area contributed by atoms with E-state index in [2.05, 4.69) is 4.98 Å². The van der Waals surface area contributed by atoms with Crippen LogP contribution in [0.4, 0.5) is 0 Å². The zero-order valence-electron chi connectivity index (χ0n) is 12.6. The van der Waals surface area contributed by atoms with Gasteiger partial charge in [0.25, 0.3) is 0 Å². The fourth-order valence-corrected chi connectivity index (χ4v) is 3.55. The third-order valence-electron chi connectivity index (χ3n) is 4.81. The lowest BCUT2D eigenvalue weighted by Gasteiger charge is -2.33. The quantitative estimate of drug-likeness (QED) is 0.925. The molecule has 2 aliphatic rings. The van der Waals surface area contributed by atoms with Gasteiger partial charge in [0, 0.05) is 25.6 Å². The molecule has 0 radical (unpaired) electrons. The predicted molar refractivity (Wildman–Crippen MR) is 83.6 cm³/mol. The number of ether oxygens (including phenoxy) is 1. The normalized spacial score (nSPS) is 25.7. The summed E-state index contributed by atoms with van der Waals surface area (Å²) in [6.45, 7) is 2.95. The van der Waals surface area contributed by atoms with Crippen molar-refractivity contribution in [1.29, 1.82) is 0 Å². The second-order valence-electron chi connectivity index (χ2n) is 6.32. The molecular formula is C17H21N3O2. The first kappa shape index (κ1) is 13.8. The highest BCUT2D eigenvalue weighted by atomic mass is 16.5. The molecular weight excluding hydrogens is 278 g/mol. The SMILES string of the molecule is O=C([C@@H]1CCOC1)N1CCC[C@@H](c2nc3ccccc3[nH]2)C1. The van der Waals surface area contributed by atoms with Gasteiger partial charge >= 0.3 is 0 Å². The van der Waals surface area contributed by atoms with Crippen LogP contribution < -0.4 is 0 Å². The minimum absolute atomic E-state index is 0.0643. The number of benzene rings is 1. The maximum absolute atomic E-state index is 12.6. The molecule has 0 unspecified atom stereocenters. The van der Waals surface area contributed by atoms with Crippen LogP contribution in [0, 0.1) is 5.92 Å². The number of aromatic nitrogens is 2. The van der Waals surface area contributed by atoms with Crippen LogP contribution >= 0.6 is 0 Å². The lowest BCUT2D eigenvalue weighted by atomic mass is 9.95. The van der Waals surface area contributed by atoms with Crippen molar-refractivity contribution in [2.45, 2.75) is 25.2 Å². The van der Waals surface area contributed by atoms with Gasteiger partial charge in [0.1, 0.15) is 5.82 Å². The third kappa shape index (κ3) is 2.50. The van der Waals surface area contributed by atoms with Crippen molar-refractivity contribution in [1.82, 2.24) is 14.9 Å². The molecule has 0 bridgehead atoms. The Kier molecular flexibility index (Phi) is 3.58. The number of carbonyl (C=O) groups excluding carboxylic acids is 1. The van der Waals surface area contributed by atoms with E-state index in [1.807, 2.05) is 29.2 Å². The number of H-pyrrole nitrogens is 1. The summed E-state index contributed by atoms with van der Waals surface area (Å²) in [5.41, 5.74) is 2.08. The van der Waals surface area contributed by atoms with Crippen LogP contribution in [0.3, 0.4) is 0 Å². The minimum atomic E-state index is 0.0643. The number of rotatable bonds is 2. The number of carbonyl (C=O) groups is 1. The van der Waals surface area contributed by atoms with E-state index in [4.69, 9.17) is 9.72 Å². The minimum Gasteiger partial charge on any atom is -0.381 e. The molecule has 116 valence electrons. The second kappa shape index (κ2) is 5.72. The molecule has 0 spiro atoms. The average molecular weight is 299 g/mol. The first-order valence-electron chi connectivity index (χ1n) is 8.12. The van der Waals surface area contributed by atoms with Crippen molar-refractivity contribution in [2.24, 2.45) is 5.92 Å². The third-order valence-corrected chi connectivity index (χ3v) is 4.81. The first-order chi connectivity index (χ1) is 10.8. The van der Waals surface area contributed by atoms with Crippen molar-refractivity contribution in [3.05, 3.63) is 30.1 Å². The molecule has 1 amide bonds. The second-order valence-corrected chi connectivity index (χ2v) is 6.32. The summed E-state index contributed by atoms with van der Waals surface area (Å²) in [6, 6.07) is 8.09. The lowest BCUT2D eigenvalue weighted by Crippen LogP contribution is -2.42. The molecule has 2 aliphatic heterocycles. The summed E-state index contributed by atoms with van der Waals surface area (Å²) in [4.78, 5) is 22.7. The summed E-state index contributed by atoms with van der Waals surface area (Å²) in [6.07, 6.45) is 3.00. The fraction of sp³-hybridized carbons (Fsp3) is 0.529. The molecule has 1 N–H and O–H groups in total. The van der Waals surface area contributed by atoms with E-state index in [1.54, 1.807) is 0 Å². The predicted octanol–water partition coefficient (Wildman–Crippen LogP) is 2.31. The largest absolute Gasteiger partial charge is 0.381 e. The smallest absolute Gasteiger partial charge is 0.228 e. The number of piperidine rings is 1. The highest BCUT2D eigenvalue weighted by Crippen LogP contribution is 2.28. The Morgan fingerprint density at radius 3 is 3.05 bits per heavy atom. The fourth-order valence-electron chi connectivity index (χ4n) is 3.55. The molecule has 5 nitrogen and oxygen atoms in total. The molecule has 0 aliphatic carbocycles. The highest BCUT2D eigenvalue weighted by Gasteiger charge is 2.32. The molecule has 2 fully saturated rings. The van der Waals surface area contributed by atoms with E-state index in [0.29, 0.717) is 12.5 Å². The number of para-hydroxylation sites is 2. The highest BCUT2D eigenvalue weighted by molar-refractivity contribution is 5.79. The molecule has 22 heavy (non-hydrogen) atoms. The maximum Gasteiger partial charge on any atom is 0.228 e. The van der Waals surface area contributed by atoms with Crippen molar-refractivity contribution in [2.75, 3.05) is 26.3 Å². The molecule has 2 atom stereocenters. The van der Waals surface area contributed by atoms with E-state index < -0.39 is 0 Å². The van der Waals surface area contributed by atoms with Gasteiger partial charge in [-0.2, -0.15) is 0 Å². The molecule has 4 rings (SSSR count). The Morgan fingerprint density at radius 2 is 2.23 bits per heavy atom. The van der Waals surface area contributed by atoms with Crippen LogP contribution in [0.15, 0.2) is 24.3 Å². The zero-order chi connectivity index (χ0) is 14.9. The summed E-state index contributed by atoms with van der Waals surface area (Å²) in [7, 11) is 0. The van der Waals surface area contributed by atoms with Crippen molar-refractivity contribution in [3.8, 4) is 0 Å². The Labute approximate surface area is 129 Å². The van der Waals surface area contributed by atoms with E-state index in [1.165, 1.54) is 0 Å². The molecule has 1 aromatic heterocycles. The van der Waals surface area contributed by atoms with Crippen LogP contribution in [0.1, 0.15) is 31.0 Å². The van der Waals surface area contributed by atoms with Gasteiger partial charge < -0.3 is 14.6 Å². The topological polar surface area (TPSA) is 58.2 Å². The summed E-state index contributed by atoms with van der Waals surface area (Å²) < 4.78 is 5.35. The van der Waals surface area contributed by atoms with Gasteiger partial charge in [0.15, 0.2) is 0 Å². The van der Waals surface area contributed by atoms with Gasteiger partial charge in [0.05, 0.1) is 23.6 Å². The van der Waals surface area contributed by atoms with Gasteiger partial charge in [-0.25, -0.2) is 4.98 Å². The number of nitrogens with zero attached hydrogens (tertiary/aromatic N) is 2. The van der Waals surface area contributed by atoms with Crippen molar-refractivity contribution < 1.29 is 9.53 Å². The number of likely N-dealkylation sites (tertiary alicyclic amines) is 1. The molecule has 5 heteroatoms. The Bertz CT molecular complexity index is 642. The zero-order valence-corrected chi connectivity index (χ0v) is 12.6. The van der Waals surface area contributed by atoms with Gasteiger partial charge in [0.2, 0.25) is 5.91 Å². The van der Waals surface area contributed by atoms with Crippen LogP contribution in [0.5, 0.6) is 0 Å². The number of hydrogen-bond donors (Lipinski definition) is 1. The van der Waals surface area contributed by atoms with E-state index in [0.717, 1.165) is 55.8 Å². The van der Waals surface area contributed by atoms with Crippen molar-refractivity contribution >= 4 is 16.9 Å². The molecule has 0 saturated carbocycles. The molecule has 2 saturated heterocycles. The standard InChI is InChI=1S/C17H21N3O2/c21-17(13-7-9-22-11-13)20-8-3-4-12(10-20)16-18-14-5-1-2-6-15(14)19-16/h1-2,5-6,12-13H,3-4,7-11H2,(H,18,19)/t12-,13-/m1/s1. The molecule has 1 aromatic carbocycles. The van der Waals surface area contributed by atoms with Crippen molar-refractivity contribution in [3.63, 3.8) is 0 Å². The summed E-state index contributed by atoms with van der Waals surface area (Å²) in [5.74, 6) is 1.65. The first-order valence-corrected chi connectivity index (χ1v) is 8.12. The maximum atomic E-state index is 12.6. The van der Waals surface area contributed by atoms with Gasteiger partial charge in [-0.1, -0.05) is 12.1 Å². The van der Waals surface area contributed by atoms with Crippen LogP contribution in [0.2, 0.25) is 0 Å². The van der Waals surface area contributed by atoms with E-state index >= 15 is 0 Å². The number of amides is 1. The molecule has 3 heterocycles. The Hall–Kier alpha value is -1.88. The monoisotopic (exact) mass is 299 g/mol. The van der Waals surface area contributed by atoms with Crippen LogP contribution in [-0.2, 0) is 9.53 Å². The average Bonchev–Trinajstić information content (AvgIpc) is 3.23. The number of aromatic amines is 1. The van der Waals surface area contributed by atoms with Crippen LogP contribution in [-0.4, -0.2) is 47.1 Å². The molecule has 2 aromatic rings. The lowest BCUT2D eigenvalue weighted by molar-refractivity contribution is -0.136. The summed E-state index contributed by atoms with van der Waals surface area (Å²) >= 11 is 0. The Balaban J connectivity index is 1.51. The number of hydrogen-bond acceptors (Lipinski definition) is 3. The van der Waals surface area contributed by atoms with Gasteiger partial charge in [-0.15, -0.1) is 0 Å². The van der Waals surface area contributed by atoms with E-state index in [-0.39, 0.29) is 11.8 Å². The summed E-state index contributed by atoms with van der Waals surface area (Å²) in [5, 5.41) is 0.